The van der Waals surface area contributed by atoms with E-state index in [1.54, 1.807) is 0 Å². The molecule has 3 N–H and O–H groups in total. The quantitative estimate of drug-likeness (QED) is 0.820. The molecule has 2 amide bonds. The van der Waals surface area contributed by atoms with Crippen molar-refractivity contribution in [1.82, 2.24) is 10.2 Å². The smallest absolute Gasteiger partial charge is 0.229 e. The summed E-state index contributed by atoms with van der Waals surface area (Å²) in [5.74, 6) is -0.474. The number of nitrogens with one attached hydrogen (secondary N) is 1. The molecule has 16 heavy (non-hydrogen) atoms. The van der Waals surface area contributed by atoms with E-state index in [0.717, 1.165) is 10.2 Å². The lowest BCUT2D eigenvalue weighted by Gasteiger charge is -2.13. The Balaban J connectivity index is 2.26. The fourth-order valence-corrected chi connectivity index (χ4v) is 2.08. The van der Waals surface area contributed by atoms with Gasteiger partial charge in [0.25, 0.3) is 0 Å². The molecule has 1 saturated heterocycles. The first-order valence-corrected chi connectivity index (χ1v) is 5.60. The number of amides is 2. The number of aromatic amines is 1. The van der Waals surface area contributed by atoms with Gasteiger partial charge in [-0.1, -0.05) is 0 Å². The molecular formula is C9H11BrN4O2. The summed E-state index contributed by atoms with van der Waals surface area (Å²) >= 11 is 3.34. The average molecular weight is 287 g/mol. The van der Waals surface area contributed by atoms with Crippen molar-refractivity contribution in [3.8, 4) is 0 Å². The van der Waals surface area contributed by atoms with Crippen LogP contribution in [0.15, 0.2) is 4.47 Å². The van der Waals surface area contributed by atoms with Gasteiger partial charge in [0, 0.05) is 18.7 Å². The van der Waals surface area contributed by atoms with Crippen LogP contribution in [0.4, 0.5) is 5.82 Å². The SMILES string of the molecule is Cc1[nH]nc(N2CC(C(N)=O)CC2=O)c1Br. The zero-order valence-electron chi connectivity index (χ0n) is 8.66. The highest BCUT2D eigenvalue weighted by Crippen LogP contribution is 2.31. The van der Waals surface area contributed by atoms with Gasteiger partial charge >= 0.3 is 0 Å². The number of hydrogen-bond acceptors (Lipinski definition) is 3. The normalized spacial score (nSPS) is 20.5. The molecule has 0 saturated carbocycles. The topological polar surface area (TPSA) is 92.1 Å². The molecule has 2 rings (SSSR count). The summed E-state index contributed by atoms with van der Waals surface area (Å²) < 4.78 is 0.742. The van der Waals surface area contributed by atoms with Gasteiger partial charge in [0.2, 0.25) is 11.8 Å². The summed E-state index contributed by atoms with van der Waals surface area (Å²) in [6.07, 6.45) is 0.160. The number of primary amides is 1. The number of aryl methyl sites for hydroxylation is 1. The fraction of sp³-hybridized carbons (Fsp3) is 0.444. The van der Waals surface area contributed by atoms with Gasteiger partial charge in [0.05, 0.1) is 10.4 Å². The number of halogens is 1. The molecule has 1 aliphatic rings. The van der Waals surface area contributed by atoms with Crippen LogP contribution in [0.3, 0.4) is 0 Å². The molecule has 7 heteroatoms. The number of nitrogens with zero attached hydrogens (tertiary/aromatic N) is 2. The lowest BCUT2D eigenvalue weighted by molar-refractivity contribution is -0.123. The van der Waals surface area contributed by atoms with E-state index in [0.29, 0.717) is 12.4 Å². The van der Waals surface area contributed by atoms with E-state index in [2.05, 4.69) is 26.1 Å². The maximum absolute atomic E-state index is 11.7. The largest absolute Gasteiger partial charge is 0.369 e. The van der Waals surface area contributed by atoms with Crippen molar-refractivity contribution < 1.29 is 9.59 Å². The van der Waals surface area contributed by atoms with Crippen LogP contribution in [0.5, 0.6) is 0 Å². The molecule has 0 spiro atoms. The fourth-order valence-electron chi connectivity index (χ4n) is 1.68. The molecule has 1 fully saturated rings. The molecule has 1 aromatic rings. The van der Waals surface area contributed by atoms with Crippen molar-refractivity contribution in [3.63, 3.8) is 0 Å². The van der Waals surface area contributed by atoms with Crippen molar-refractivity contribution >= 4 is 33.6 Å². The van der Waals surface area contributed by atoms with Crippen LogP contribution in [-0.2, 0) is 9.59 Å². The molecule has 1 atom stereocenters. The highest BCUT2D eigenvalue weighted by atomic mass is 79.9. The number of hydrogen-bond donors (Lipinski definition) is 2. The second-order valence-electron chi connectivity index (χ2n) is 3.79. The van der Waals surface area contributed by atoms with Crippen LogP contribution in [-0.4, -0.2) is 28.6 Å². The molecule has 1 aromatic heterocycles. The Labute approximate surface area is 100 Å². The van der Waals surface area contributed by atoms with E-state index in [4.69, 9.17) is 5.73 Å². The van der Waals surface area contributed by atoms with Gasteiger partial charge in [0.1, 0.15) is 0 Å². The van der Waals surface area contributed by atoms with Crippen molar-refractivity contribution in [2.75, 3.05) is 11.4 Å². The monoisotopic (exact) mass is 286 g/mol. The van der Waals surface area contributed by atoms with Gasteiger partial charge < -0.3 is 5.73 Å². The van der Waals surface area contributed by atoms with E-state index in [1.807, 2.05) is 6.92 Å². The van der Waals surface area contributed by atoms with Gasteiger partial charge in [-0.05, 0) is 22.9 Å². The Morgan fingerprint density at radius 1 is 1.69 bits per heavy atom. The van der Waals surface area contributed by atoms with E-state index in [-0.39, 0.29) is 12.3 Å². The summed E-state index contributed by atoms with van der Waals surface area (Å²) in [5.41, 5.74) is 6.02. The van der Waals surface area contributed by atoms with Crippen molar-refractivity contribution in [2.24, 2.45) is 11.7 Å². The summed E-state index contributed by atoms with van der Waals surface area (Å²) in [5, 5.41) is 6.79. The Kier molecular flexibility index (Phi) is 2.71. The Morgan fingerprint density at radius 3 is 2.81 bits per heavy atom. The maximum atomic E-state index is 11.7. The molecule has 1 aliphatic heterocycles. The zero-order chi connectivity index (χ0) is 11.9. The van der Waals surface area contributed by atoms with E-state index >= 15 is 0 Å². The predicted octanol–water partition coefficient (Wildman–Crippen LogP) is 0.319. The molecule has 0 aromatic carbocycles. The van der Waals surface area contributed by atoms with Crippen molar-refractivity contribution in [3.05, 3.63) is 10.2 Å². The molecule has 0 radical (unpaired) electrons. The van der Waals surface area contributed by atoms with Crippen molar-refractivity contribution in [2.45, 2.75) is 13.3 Å². The number of carbonyl (C=O) groups excluding carboxylic acids is 2. The molecular weight excluding hydrogens is 276 g/mol. The van der Waals surface area contributed by atoms with E-state index in [9.17, 15) is 9.59 Å². The first-order chi connectivity index (χ1) is 7.50. The van der Waals surface area contributed by atoms with Gasteiger partial charge in [-0.2, -0.15) is 5.10 Å². The summed E-state index contributed by atoms with van der Waals surface area (Å²) in [7, 11) is 0. The first kappa shape index (κ1) is 11.1. The highest BCUT2D eigenvalue weighted by Gasteiger charge is 2.36. The summed E-state index contributed by atoms with van der Waals surface area (Å²) in [6.45, 7) is 2.14. The Bertz CT molecular complexity index is 456. The molecule has 0 bridgehead atoms. The number of rotatable bonds is 2. The third kappa shape index (κ3) is 1.71. The number of nitrogens with two attached hydrogens (primary N) is 1. The van der Waals surface area contributed by atoms with Gasteiger partial charge in [0.15, 0.2) is 5.82 Å². The van der Waals surface area contributed by atoms with Crippen LogP contribution < -0.4 is 10.6 Å². The Morgan fingerprint density at radius 2 is 2.38 bits per heavy atom. The van der Waals surface area contributed by atoms with Crippen LogP contribution in [0.2, 0.25) is 0 Å². The molecule has 86 valence electrons. The lowest BCUT2D eigenvalue weighted by atomic mass is 10.1. The third-order valence-corrected chi connectivity index (χ3v) is 3.59. The van der Waals surface area contributed by atoms with Crippen LogP contribution in [0.1, 0.15) is 12.1 Å². The van der Waals surface area contributed by atoms with Crippen LogP contribution >= 0.6 is 15.9 Å². The standard InChI is InChI=1S/C9H11BrN4O2/c1-4-7(10)9(13-12-4)14-3-5(8(11)16)2-6(14)15/h5H,2-3H2,1H3,(H2,11,16)(H,12,13). The average Bonchev–Trinajstić information content (AvgIpc) is 2.73. The van der Waals surface area contributed by atoms with Crippen LogP contribution in [0, 0.1) is 12.8 Å². The molecule has 0 aliphatic carbocycles. The molecule has 2 heterocycles. The van der Waals surface area contributed by atoms with Gasteiger partial charge in [-0.15, -0.1) is 0 Å². The Hall–Kier alpha value is -1.37. The van der Waals surface area contributed by atoms with Gasteiger partial charge in [-0.25, -0.2) is 0 Å². The number of H-pyrrole nitrogens is 1. The zero-order valence-corrected chi connectivity index (χ0v) is 10.2. The number of aromatic nitrogens is 2. The van der Waals surface area contributed by atoms with Crippen LogP contribution in [0.25, 0.3) is 0 Å². The number of anilines is 1. The van der Waals surface area contributed by atoms with Gasteiger partial charge in [-0.3, -0.25) is 19.6 Å². The van der Waals surface area contributed by atoms with E-state index in [1.165, 1.54) is 4.90 Å². The highest BCUT2D eigenvalue weighted by molar-refractivity contribution is 9.10. The second kappa shape index (κ2) is 3.89. The molecule has 6 nitrogen and oxygen atoms in total. The summed E-state index contributed by atoms with van der Waals surface area (Å²) in [6, 6.07) is 0. The minimum atomic E-state index is -0.445. The van der Waals surface area contributed by atoms with Crippen molar-refractivity contribution in [1.29, 1.82) is 0 Å². The minimum absolute atomic E-state index is 0.129. The second-order valence-corrected chi connectivity index (χ2v) is 4.59. The van der Waals surface area contributed by atoms with E-state index < -0.39 is 11.8 Å². The molecule has 1 unspecified atom stereocenters. The number of carbonyl (C=O) groups is 2. The third-order valence-electron chi connectivity index (χ3n) is 2.64. The summed E-state index contributed by atoms with van der Waals surface area (Å²) in [4.78, 5) is 24.2. The predicted molar refractivity (Wildman–Crippen MR) is 60.7 cm³/mol. The maximum Gasteiger partial charge on any atom is 0.229 e. The lowest BCUT2D eigenvalue weighted by Crippen LogP contribution is -2.28. The minimum Gasteiger partial charge on any atom is -0.369 e. The first-order valence-electron chi connectivity index (χ1n) is 4.81.